The second kappa shape index (κ2) is 11.5. The normalized spacial score (nSPS) is 10.2. The third-order valence-corrected chi connectivity index (χ3v) is 3.91. The van der Waals surface area contributed by atoms with Gasteiger partial charge in [0.05, 0.1) is 13.5 Å². The Bertz CT molecular complexity index is 777. The van der Waals surface area contributed by atoms with E-state index in [1.165, 1.54) is 0 Å². The van der Waals surface area contributed by atoms with Crippen LogP contribution < -0.4 is 19.5 Å². The van der Waals surface area contributed by atoms with Crippen LogP contribution in [0.3, 0.4) is 0 Å². The highest BCUT2D eigenvalue weighted by Crippen LogP contribution is 2.20. The number of hydrogen-bond donors (Lipinski definition) is 2. The SMILES string of the molecule is COc1cccc(OCCOc2ccccc2CCNC(=O)CCC(=O)O)c1. The monoisotopic (exact) mass is 387 g/mol. The van der Waals surface area contributed by atoms with Crippen molar-refractivity contribution in [2.75, 3.05) is 26.9 Å². The Morgan fingerprint density at radius 3 is 2.50 bits per heavy atom. The lowest BCUT2D eigenvalue weighted by Crippen LogP contribution is -2.26. The van der Waals surface area contributed by atoms with Crippen LogP contribution in [0.5, 0.6) is 17.2 Å². The van der Waals surface area contributed by atoms with E-state index in [0.717, 1.165) is 17.1 Å². The van der Waals surface area contributed by atoms with Gasteiger partial charge in [-0.1, -0.05) is 24.3 Å². The van der Waals surface area contributed by atoms with Gasteiger partial charge in [0, 0.05) is 19.0 Å². The molecule has 2 N–H and O–H groups in total. The molecule has 0 fully saturated rings. The topological polar surface area (TPSA) is 94.1 Å². The Morgan fingerprint density at radius 2 is 1.71 bits per heavy atom. The molecule has 0 aliphatic rings. The molecule has 2 aromatic rings. The summed E-state index contributed by atoms with van der Waals surface area (Å²) in [5.41, 5.74) is 0.961. The average molecular weight is 387 g/mol. The van der Waals surface area contributed by atoms with Crippen molar-refractivity contribution < 1.29 is 28.9 Å². The fourth-order valence-corrected chi connectivity index (χ4v) is 2.50. The van der Waals surface area contributed by atoms with Crippen LogP contribution in [0.25, 0.3) is 0 Å². The van der Waals surface area contributed by atoms with Crippen LogP contribution in [0.15, 0.2) is 48.5 Å². The maximum atomic E-state index is 11.6. The first-order chi connectivity index (χ1) is 13.6. The number of carboxylic acid groups (broad SMARTS) is 1. The van der Waals surface area contributed by atoms with E-state index < -0.39 is 5.97 Å². The molecule has 2 aromatic carbocycles. The molecule has 0 bridgehead atoms. The van der Waals surface area contributed by atoms with E-state index in [9.17, 15) is 9.59 Å². The lowest BCUT2D eigenvalue weighted by atomic mass is 10.1. The molecule has 150 valence electrons. The third kappa shape index (κ3) is 7.57. The number of carbonyl (C=O) groups is 2. The van der Waals surface area contributed by atoms with Crippen molar-refractivity contribution in [3.05, 3.63) is 54.1 Å². The van der Waals surface area contributed by atoms with E-state index in [1.54, 1.807) is 13.2 Å². The highest BCUT2D eigenvalue weighted by Gasteiger charge is 2.07. The van der Waals surface area contributed by atoms with Crippen LogP contribution >= 0.6 is 0 Å². The summed E-state index contributed by atoms with van der Waals surface area (Å²) >= 11 is 0. The lowest BCUT2D eigenvalue weighted by molar-refractivity contribution is -0.138. The number of benzene rings is 2. The Morgan fingerprint density at radius 1 is 0.964 bits per heavy atom. The molecular formula is C21H25NO6. The molecular weight excluding hydrogens is 362 g/mol. The first kappa shape index (κ1) is 21.1. The molecule has 0 spiro atoms. The number of methoxy groups -OCH3 is 1. The van der Waals surface area contributed by atoms with Gasteiger partial charge >= 0.3 is 5.97 Å². The molecule has 0 atom stereocenters. The first-order valence-electron chi connectivity index (χ1n) is 9.04. The quantitative estimate of drug-likeness (QED) is 0.544. The summed E-state index contributed by atoms with van der Waals surface area (Å²) < 4.78 is 16.6. The molecule has 0 aliphatic heterocycles. The summed E-state index contributed by atoms with van der Waals surface area (Å²) in [4.78, 5) is 22.1. The molecule has 0 saturated heterocycles. The maximum Gasteiger partial charge on any atom is 0.303 e. The van der Waals surface area contributed by atoms with Crippen molar-refractivity contribution in [3.8, 4) is 17.2 Å². The standard InChI is InChI=1S/C21H25NO6/c1-26-17-6-4-7-18(15-17)27-13-14-28-19-8-3-2-5-16(19)11-12-22-20(23)9-10-21(24)25/h2-8,15H,9-14H2,1H3,(H,22,23)(H,24,25). The second-order valence-corrected chi connectivity index (χ2v) is 5.98. The summed E-state index contributed by atoms with van der Waals surface area (Å²) in [5, 5.41) is 11.3. The van der Waals surface area contributed by atoms with E-state index in [0.29, 0.717) is 31.9 Å². The van der Waals surface area contributed by atoms with Gasteiger partial charge < -0.3 is 24.6 Å². The Labute approximate surface area is 164 Å². The van der Waals surface area contributed by atoms with Crippen molar-refractivity contribution in [1.29, 1.82) is 0 Å². The van der Waals surface area contributed by atoms with Crippen LogP contribution in [0.2, 0.25) is 0 Å². The number of carbonyl (C=O) groups excluding carboxylic acids is 1. The molecule has 1 amide bonds. The van der Waals surface area contributed by atoms with E-state index in [4.69, 9.17) is 19.3 Å². The second-order valence-electron chi connectivity index (χ2n) is 5.98. The van der Waals surface area contributed by atoms with Gasteiger partial charge in [-0.2, -0.15) is 0 Å². The number of aliphatic carboxylic acids is 1. The van der Waals surface area contributed by atoms with E-state index in [-0.39, 0.29) is 18.7 Å². The number of carboxylic acids is 1. The molecule has 2 rings (SSSR count). The molecule has 0 unspecified atom stereocenters. The molecule has 28 heavy (non-hydrogen) atoms. The molecule has 0 aliphatic carbocycles. The molecule has 0 heterocycles. The fourth-order valence-electron chi connectivity index (χ4n) is 2.50. The zero-order valence-electron chi connectivity index (χ0n) is 15.8. The van der Waals surface area contributed by atoms with Gasteiger partial charge in [-0.05, 0) is 30.2 Å². The summed E-state index contributed by atoms with van der Waals surface area (Å²) in [7, 11) is 1.60. The van der Waals surface area contributed by atoms with Gasteiger partial charge in [0.25, 0.3) is 0 Å². The number of hydrogen-bond acceptors (Lipinski definition) is 5. The summed E-state index contributed by atoms with van der Waals surface area (Å²) in [6, 6.07) is 14.9. The molecule has 0 radical (unpaired) electrons. The minimum atomic E-state index is -0.981. The van der Waals surface area contributed by atoms with Crippen LogP contribution in [0, 0.1) is 0 Å². The Hall–Kier alpha value is -3.22. The average Bonchev–Trinajstić information content (AvgIpc) is 2.71. The number of amides is 1. The number of para-hydroxylation sites is 1. The van der Waals surface area contributed by atoms with Gasteiger partial charge in [-0.25, -0.2) is 0 Å². The van der Waals surface area contributed by atoms with Crippen LogP contribution in [-0.4, -0.2) is 43.9 Å². The zero-order valence-corrected chi connectivity index (χ0v) is 15.8. The minimum absolute atomic E-state index is 0.0188. The van der Waals surface area contributed by atoms with E-state index in [2.05, 4.69) is 5.32 Å². The maximum absolute atomic E-state index is 11.6. The largest absolute Gasteiger partial charge is 0.497 e. The predicted octanol–water partition coefficient (Wildman–Crippen LogP) is 2.68. The highest BCUT2D eigenvalue weighted by molar-refractivity contribution is 5.80. The number of nitrogens with one attached hydrogen (secondary N) is 1. The lowest BCUT2D eigenvalue weighted by Gasteiger charge is -2.13. The third-order valence-electron chi connectivity index (χ3n) is 3.91. The molecule has 7 heteroatoms. The fraction of sp³-hybridized carbons (Fsp3) is 0.333. The number of rotatable bonds is 12. The van der Waals surface area contributed by atoms with Crippen molar-refractivity contribution in [2.45, 2.75) is 19.3 Å². The van der Waals surface area contributed by atoms with Crippen molar-refractivity contribution >= 4 is 11.9 Å². The molecule has 0 aromatic heterocycles. The number of ether oxygens (including phenoxy) is 3. The van der Waals surface area contributed by atoms with Crippen molar-refractivity contribution in [2.24, 2.45) is 0 Å². The van der Waals surface area contributed by atoms with Gasteiger partial charge in [0.15, 0.2) is 0 Å². The first-order valence-corrected chi connectivity index (χ1v) is 9.04. The van der Waals surface area contributed by atoms with Gasteiger partial charge in [-0.3, -0.25) is 9.59 Å². The summed E-state index contributed by atoms with van der Waals surface area (Å²) in [5.74, 6) is 0.920. The minimum Gasteiger partial charge on any atom is -0.497 e. The van der Waals surface area contributed by atoms with Crippen LogP contribution in [-0.2, 0) is 16.0 Å². The predicted molar refractivity (Wildman–Crippen MR) is 104 cm³/mol. The van der Waals surface area contributed by atoms with E-state index in [1.807, 2.05) is 42.5 Å². The van der Waals surface area contributed by atoms with Crippen LogP contribution in [0.1, 0.15) is 18.4 Å². The van der Waals surface area contributed by atoms with Gasteiger partial charge in [0.2, 0.25) is 5.91 Å². The smallest absolute Gasteiger partial charge is 0.303 e. The van der Waals surface area contributed by atoms with Crippen LogP contribution in [0.4, 0.5) is 0 Å². The van der Waals surface area contributed by atoms with Crippen molar-refractivity contribution in [1.82, 2.24) is 5.32 Å². The summed E-state index contributed by atoms with van der Waals surface area (Å²) in [6.45, 7) is 1.17. The molecule has 0 saturated carbocycles. The van der Waals surface area contributed by atoms with Gasteiger partial charge in [0.1, 0.15) is 30.5 Å². The Balaban J connectivity index is 1.75. The van der Waals surface area contributed by atoms with Gasteiger partial charge in [-0.15, -0.1) is 0 Å². The highest BCUT2D eigenvalue weighted by atomic mass is 16.5. The zero-order chi connectivity index (χ0) is 20.2. The Kier molecular flexibility index (Phi) is 8.65. The summed E-state index contributed by atoms with van der Waals surface area (Å²) in [6.07, 6.45) is 0.402. The van der Waals surface area contributed by atoms with E-state index >= 15 is 0 Å². The molecule has 7 nitrogen and oxygen atoms in total. The van der Waals surface area contributed by atoms with Crippen molar-refractivity contribution in [3.63, 3.8) is 0 Å².